The number of rotatable bonds is 6. The van der Waals surface area contributed by atoms with Gasteiger partial charge in [0.2, 0.25) is 0 Å². The van der Waals surface area contributed by atoms with Crippen molar-refractivity contribution in [1.82, 2.24) is 5.32 Å². The first-order chi connectivity index (χ1) is 14.8. The predicted molar refractivity (Wildman–Crippen MR) is 128 cm³/mol. The molecule has 31 heavy (non-hydrogen) atoms. The number of nitrogens with one attached hydrogen (secondary N) is 1. The molecule has 3 fully saturated rings. The molecule has 0 amide bonds. The average Bonchev–Trinajstić information content (AvgIpc) is 2.99. The first-order valence-corrected chi connectivity index (χ1v) is 13.0. The molecular weight excluding hydrogens is 384 g/mol. The summed E-state index contributed by atoms with van der Waals surface area (Å²) in [5.74, 6) is 1.50. The van der Waals surface area contributed by atoms with Crippen LogP contribution in [0.1, 0.15) is 84.5 Å². The second kappa shape index (κ2) is 9.29. The molecule has 0 heterocycles. The molecule has 4 nitrogen and oxygen atoms in total. The van der Waals surface area contributed by atoms with Crippen molar-refractivity contribution in [2.45, 2.75) is 103 Å². The fourth-order valence-corrected chi connectivity index (χ4v) is 7.75. The third kappa shape index (κ3) is 4.43. The number of fused-ring (bicyclic) bond motifs is 1. The van der Waals surface area contributed by atoms with Gasteiger partial charge >= 0.3 is 0 Å². The molecule has 4 heteroatoms. The molecule has 4 rings (SSSR count). The van der Waals surface area contributed by atoms with Crippen molar-refractivity contribution in [2.75, 3.05) is 13.1 Å². The van der Waals surface area contributed by atoms with E-state index in [9.17, 15) is 10.2 Å². The number of hydrogen-bond donors (Lipinski definition) is 4. The van der Waals surface area contributed by atoms with Gasteiger partial charge in [-0.2, -0.15) is 0 Å². The third-order valence-electron chi connectivity index (χ3n) is 10.0. The van der Waals surface area contributed by atoms with E-state index in [-0.39, 0.29) is 23.0 Å². The van der Waals surface area contributed by atoms with E-state index in [4.69, 9.17) is 5.73 Å². The fourth-order valence-electron chi connectivity index (χ4n) is 7.75. The third-order valence-corrected chi connectivity index (χ3v) is 10.0. The van der Waals surface area contributed by atoms with Gasteiger partial charge in [-0.25, -0.2) is 0 Å². The quantitative estimate of drug-likeness (QED) is 0.374. The molecule has 0 aromatic rings. The smallest absolute Gasteiger partial charge is 0.0621 e. The minimum Gasteiger partial charge on any atom is -0.393 e. The van der Waals surface area contributed by atoms with Crippen LogP contribution < -0.4 is 11.1 Å². The maximum atomic E-state index is 11.1. The van der Waals surface area contributed by atoms with Crippen molar-refractivity contribution in [3.05, 3.63) is 23.8 Å². The average molecular weight is 431 g/mol. The van der Waals surface area contributed by atoms with Crippen LogP contribution in [0.4, 0.5) is 0 Å². The lowest BCUT2D eigenvalue weighted by Gasteiger charge is -2.55. The summed E-state index contributed by atoms with van der Waals surface area (Å²) in [5.41, 5.74) is 9.42. The summed E-state index contributed by atoms with van der Waals surface area (Å²) in [6.45, 7) is 11.2. The van der Waals surface area contributed by atoms with Crippen molar-refractivity contribution in [3.63, 3.8) is 0 Å². The van der Waals surface area contributed by atoms with Crippen LogP contribution in [0.3, 0.4) is 0 Å². The lowest BCUT2D eigenvalue weighted by molar-refractivity contribution is -0.118. The Morgan fingerprint density at radius 3 is 2.65 bits per heavy atom. The molecule has 3 unspecified atom stereocenters. The Kier molecular flexibility index (Phi) is 7.03. The number of aliphatic hydroxyl groups excluding tert-OH is 2. The number of allylic oxidation sites excluding steroid dienone is 1. The Morgan fingerprint density at radius 1 is 1.13 bits per heavy atom. The summed E-state index contributed by atoms with van der Waals surface area (Å²) in [6, 6.07) is 0.106. The molecule has 0 bridgehead atoms. The van der Waals surface area contributed by atoms with Crippen LogP contribution >= 0.6 is 0 Å². The fraction of sp³-hybridized carbons (Fsp3) is 0.852. The van der Waals surface area contributed by atoms with Gasteiger partial charge in [-0.3, -0.25) is 0 Å². The van der Waals surface area contributed by atoms with Gasteiger partial charge in [-0.15, -0.1) is 0 Å². The van der Waals surface area contributed by atoms with Crippen LogP contribution in [0.5, 0.6) is 0 Å². The molecular formula is C27H46N2O2. The molecule has 4 aliphatic rings. The van der Waals surface area contributed by atoms with E-state index in [1.807, 2.05) is 0 Å². The Hall–Kier alpha value is -0.680. The van der Waals surface area contributed by atoms with E-state index in [1.165, 1.54) is 31.3 Å². The minimum atomic E-state index is -0.418. The van der Waals surface area contributed by atoms with Crippen molar-refractivity contribution in [3.8, 4) is 0 Å². The normalized spacial score (nSPS) is 46.0. The van der Waals surface area contributed by atoms with Crippen LogP contribution in [0, 0.1) is 28.6 Å². The first-order valence-electron chi connectivity index (χ1n) is 13.0. The number of nitrogens with two attached hydrogens (primary N) is 1. The standard InChI is InChI=1S/C27H46N2O2/c1-18-24(28)16-23-21(17-29-14-11-19-7-5-4-6-8-19)22(10-13-26(18,23)2)27(3)12-9-20(30)15-25(27)31/h7,20-25,29-31H,1,4-6,8-17,28H2,2-3H3/t20-,21+,22?,23?,24?,25-,26+,27+/m0/s1. The molecule has 4 aliphatic carbocycles. The highest BCUT2D eigenvalue weighted by Gasteiger charge is 2.58. The van der Waals surface area contributed by atoms with E-state index in [0.717, 1.165) is 51.6 Å². The maximum absolute atomic E-state index is 11.1. The molecule has 0 aromatic carbocycles. The summed E-state index contributed by atoms with van der Waals surface area (Å²) < 4.78 is 0. The van der Waals surface area contributed by atoms with Gasteiger partial charge in [-0.1, -0.05) is 37.6 Å². The van der Waals surface area contributed by atoms with Gasteiger partial charge in [0.05, 0.1) is 12.2 Å². The van der Waals surface area contributed by atoms with Crippen LogP contribution in [-0.2, 0) is 0 Å². The van der Waals surface area contributed by atoms with E-state index < -0.39 is 6.10 Å². The SMILES string of the molecule is C=C1C(N)CC2[C@H](CNCCC3=CCCCC3)C([C@@]3(C)CC[C@H](O)C[C@@H]3O)CC[C@]12C. The summed E-state index contributed by atoms with van der Waals surface area (Å²) in [7, 11) is 0. The second-order valence-electron chi connectivity index (χ2n) is 11.7. The van der Waals surface area contributed by atoms with Crippen molar-refractivity contribution >= 4 is 0 Å². The van der Waals surface area contributed by atoms with Crippen molar-refractivity contribution < 1.29 is 10.2 Å². The summed E-state index contributed by atoms with van der Waals surface area (Å²) in [5, 5.41) is 25.0. The van der Waals surface area contributed by atoms with E-state index >= 15 is 0 Å². The van der Waals surface area contributed by atoms with Crippen LogP contribution in [0.25, 0.3) is 0 Å². The Bertz CT molecular complexity index is 691. The highest BCUT2D eigenvalue weighted by molar-refractivity contribution is 5.26. The largest absolute Gasteiger partial charge is 0.393 e. The van der Waals surface area contributed by atoms with Gasteiger partial charge in [-0.05, 0) is 112 Å². The molecule has 176 valence electrons. The zero-order valence-corrected chi connectivity index (χ0v) is 19.9. The molecule has 8 atom stereocenters. The van der Waals surface area contributed by atoms with Crippen molar-refractivity contribution in [1.29, 1.82) is 0 Å². The second-order valence-corrected chi connectivity index (χ2v) is 11.7. The van der Waals surface area contributed by atoms with Gasteiger partial charge < -0.3 is 21.3 Å². The molecule has 3 saturated carbocycles. The topological polar surface area (TPSA) is 78.5 Å². The summed E-state index contributed by atoms with van der Waals surface area (Å²) in [6.07, 6.45) is 13.6. The Labute approximate surface area is 189 Å². The summed E-state index contributed by atoms with van der Waals surface area (Å²) in [4.78, 5) is 0. The minimum absolute atomic E-state index is 0.106. The van der Waals surface area contributed by atoms with E-state index in [0.29, 0.717) is 24.2 Å². The molecule has 5 N–H and O–H groups in total. The van der Waals surface area contributed by atoms with Gasteiger partial charge in [0.1, 0.15) is 0 Å². The Balaban J connectivity index is 1.50. The van der Waals surface area contributed by atoms with Gasteiger partial charge in [0, 0.05) is 6.04 Å². The molecule has 0 radical (unpaired) electrons. The summed E-state index contributed by atoms with van der Waals surface area (Å²) >= 11 is 0. The van der Waals surface area contributed by atoms with E-state index in [1.54, 1.807) is 5.57 Å². The molecule has 0 aromatic heterocycles. The Morgan fingerprint density at radius 2 is 1.94 bits per heavy atom. The van der Waals surface area contributed by atoms with Gasteiger partial charge in [0.25, 0.3) is 0 Å². The zero-order chi connectivity index (χ0) is 22.2. The van der Waals surface area contributed by atoms with Crippen LogP contribution in [0.15, 0.2) is 23.8 Å². The maximum Gasteiger partial charge on any atom is 0.0621 e. The molecule has 0 saturated heterocycles. The lowest BCUT2D eigenvalue weighted by atomic mass is 9.51. The molecule has 0 spiro atoms. The van der Waals surface area contributed by atoms with Crippen molar-refractivity contribution in [2.24, 2.45) is 34.3 Å². The van der Waals surface area contributed by atoms with E-state index in [2.05, 4.69) is 31.8 Å². The number of hydrogen-bond acceptors (Lipinski definition) is 4. The molecule has 0 aliphatic heterocycles. The highest BCUT2D eigenvalue weighted by atomic mass is 16.3. The van der Waals surface area contributed by atoms with Crippen LogP contribution in [-0.4, -0.2) is 41.6 Å². The lowest BCUT2D eigenvalue weighted by Crippen LogP contribution is -2.54. The monoisotopic (exact) mass is 430 g/mol. The predicted octanol–water partition coefficient (Wildman–Crippen LogP) is 4.31. The zero-order valence-electron chi connectivity index (χ0n) is 19.9. The van der Waals surface area contributed by atoms with Gasteiger partial charge in [0.15, 0.2) is 0 Å². The highest BCUT2D eigenvalue weighted by Crippen LogP contribution is 2.62. The number of aliphatic hydroxyl groups is 2. The first kappa shape index (κ1) is 23.5. The van der Waals surface area contributed by atoms with Crippen LogP contribution in [0.2, 0.25) is 0 Å².